The summed E-state index contributed by atoms with van der Waals surface area (Å²) in [5.41, 5.74) is 0.521. The van der Waals surface area contributed by atoms with Crippen molar-refractivity contribution < 1.29 is 0 Å². The second kappa shape index (κ2) is 3.01. The van der Waals surface area contributed by atoms with Crippen LogP contribution < -0.4 is 0 Å². The lowest BCUT2D eigenvalue weighted by atomic mass is 10.0. The van der Waals surface area contributed by atoms with Gasteiger partial charge < -0.3 is 0 Å². The number of rotatable bonds is 0. The third-order valence-electron chi connectivity index (χ3n) is 1.38. The minimum atomic E-state index is -1.000. The topological polar surface area (TPSA) is 0 Å². The van der Waals surface area contributed by atoms with Crippen LogP contribution >= 0.6 is 27.2 Å². The highest BCUT2D eigenvalue weighted by Crippen LogP contribution is 2.71. The largest absolute Gasteiger partial charge is 0.114 e. The Balaban J connectivity index is 2.54. The van der Waals surface area contributed by atoms with E-state index in [4.69, 9.17) is 11.8 Å². The van der Waals surface area contributed by atoms with Gasteiger partial charge >= 0.3 is 0 Å². The first-order valence-corrected chi connectivity index (χ1v) is 9.71. The van der Waals surface area contributed by atoms with E-state index in [1.165, 1.54) is 11.5 Å². The van der Waals surface area contributed by atoms with Crippen molar-refractivity contribution in [1.29, 1.82) is 0 Å². The van der Waals surface area contributed by atoms with Gasteiger partial charge in [-0.15, -0.1) is 22.8 Å². The average Bonchev–Trinajstić information content (AvgIpc) is 1.79. The standard InChI is InChI=1S/C6H13PS3/c1-6(2)4-9-7(3,8)10-5-6/h4-5H2,1-3H3. The van der Waals surface area contributed by atoms with Gasteiger partial charge in [-0.25, -0.2) is 0 Å². The van der Waals surface area contributed by atoms with Gasteiger partial charge in [0.2, 0.25) is 0 Å². The fourth-order valence-electron chi connectivity index (χ4n) is 0.663. The maximum absolute atomic E-state index is 5.43. The maximum atomic E-state index is 5.43. The van der Waals surface area contributed by atoms with Crippen molar-refractivity contribution in [2.45, 2.75) is 13.8 Å². The van der Waals surface area contributed by atoms with Gasteiger partial charge in [0, 0.05) is 11.5 Å². The van der Waals surface area contributed by atoms with Crippen LogP contribution in [0, 0.1) is 5.41 Å². The molecule has 0 aromatic heterocycles. The lowest BCUT2D eigenvalue weighted by molar-refractivity contribution is 0.493. The van der Waals surface area contributed by atoms with Crippen LogP contribution in [0.25, 0.3) is 0 Å². The summed E-state index contributed by atoms with van der Waals surface area (Å²) in [5.74, 6) is 2.52. The van der Waals surface area contributed by atoms with Crippen molar-refractivity contribution in [3.8, 4) is 0 Å². The second-order valence-electron chi connectivity index (χ2n) is 3.48. The summed E-state index contributed by atoms with van der Waals surface area (Å²) in [7, 11) is 0. The van der Waals surface area contributed by atoms with E-state index in [9.17, 15) is 0 Å². The van der Waals surface area contributed by atoms with Gasteiger partial charge in [-0.3, -0.25) is 0 Å². The summed E-state index contributed by atoms with van der Waals surface area (Å²) in [5, 5.41) is 0. The first-order chi connectivity index (χ1) is 4.41. The summed E-state index contributed by atoms with van der Waals surface area (Å²) in [6.45, 7) is 6.88. The molecule has 0 radical (unpaired) electrons. The Morgan fingerprint density at radius 2 is 1.70 bits per heavy atom. The first-order valence-electron chi connectivity index (χ1n) is 3.28. The molecule has 0 nitrogen and oxygen atoms in total. The molecule has 0 atom stereocenters. The van der Waals surface area contributed by atoms with Crippen LogP contribution in [0.2, 0.25) is 0 Å². The Kier molecular flexibility index (Phi) is 2.84. The molecule has 0 aromatic carbocycles. The third-order valence-corrected chi connectivity index (χ3v) is 11.5. The zero-order chi connectivity index (χ0) is 7.83. The zero-order valence-corrected chi connectivity index (χ0v) is 9.93. The Hall–Kier alpha value is 1.35. The lowest BCUT2D eigenvalue weighted by Gasteiger charge is -2.33. The molecule has 0 unspecified atom stereocenters. The highest BCUT2D eigenvalue weighted by molar-refractivity contribution is 9.00. The van der Waals surface area contributed by atoms with Gasteiger partial charge in [-0.2, -0.15) is 0 Å². The highest BCUT2D eigenvalue weighted by Gasteiger charge is 2.29. The molecule has 0 bridgehead atoms. The summed E-state index contributed by atoms with van der Waals surface area (Å²) >= 11 is 9.47. The quantitative estimate of drug-likeness (QED) is 0.565. The Bertz CT molecular complexity index is 162. The first kappa shape index (κ1) is 9.44. The third kappa shape index (κ3) is 2.77. The van der Waals surface area contributed by atoms with Crippen LogP contribution in [-0.4, -0.2) is 18.2 Å². The van der Waals surface area contributed by atoms with E-state index < -0.39 is 4.44 Å². The Labute approximate surface area is 76.4 Å². The normalized spacial score (nSPS) is 29.9. The van der Waals surface area contributed by atoms with E-state index >= 15 is 0 Å². The summed E-state index contributed by atoms with van der Waals surface area (Å²) in [6, 6.07) is 0. The van der Waals surface area contributed by atoms with Crippen molar-refractivity contribution in [3.63, 3.8) is 0 Å². The SMILES string of the molecule is CC1(C)CSP(C)(=S)SC1. The minimum absolute atomic E-state index is 0.521. The van der Waals surface area contributed by atoms with E-state index in [-0.39, 0.29) is 0 Å². The number of hydrogen-bond donors (Lipinski definition) is 0. The molecule has 1 fully saturated rings. The molecule has 1 aliphatic heterocycles. The maximum Gasteiger partial charge on any atom is 0.0543 e. The van der Waals surface area contributed by atoms with Gasteiger partial charge in [0.05, 0.1) is 4.44 Å². The fourth-order valence-corrected chi connectivity index (χ4v) is 8.53. The van der Waals surface area contributed by atoms with Crippen molar-refractivity contribution >= 4 is 39.0 Å². The van der Waals surface area contributed by atoms with Crippen LogP contribution in [0.5, 0.6) is 0 Å². The van der Waals surface area contributed by atoms with Crippen LogP contribution in [0.3, 0.4) is 0 Å². The molecule has 10 heavy (non-hydrogen) atoms. The molecule has 0 amide bonds. The van der Waals surface area contributed by atoms with Crippen LogP contribution in [0.15, 0.2) is 0 Å². The van der Waals surface area contributed by atoms with E-state index in [1.807, 2.05) is 22.8 Å². The molecular weight excluding hydrogens is 199 g/mol. The highest BCUT2D eigenvalue weighted by atomic mass is 33.2. The lowest BCUT2D eigenvalue weighted by Crippen LogP contribution is -2.20. The predicted octanol–water partition coefficient (Wildman–Crippen LogP) is 3.43. The van der Waals surface area contributed by atoms with E-state index in [2.05, 4.69) is 20.5 Å². The van der Waals surface area contributed by atoms with Crippen molar-refractivity contribution in [2.24, 2.45) is 5.41 Å². The van der Waals surface area contributed by atoms with E-state index in [0.29, 0.717) is 5.41 Å². The van der Waals surface area contributed by atoms with E-state index in [0.717, 1.165) is 0 Å². The zero-order valence-electron chi connectivity index (χ0n) is 6.59. The molecule has 1 aliphatic rings. The predicted molar refractivity (Wildman–Crippen MR) is 58.9 cm³/mol. The molecule has 0 saturated carbocycles. The molecule has 1 saturated heterocycles. The summed E-state index contributed by atoms with van der Waals surface area (Å²) in [6.07, 6.45) is 0. The van der Waals surface area contributed by atoms with Gasteiger partial charge in [-0.05, 0) is 12.1 Å². The molecule has 1 heterocycles. The molecular formula is C6H13PS3. The van der Waals surface area contributed by atoms with E-state index in [1.54, 1.807) is 0 Å². The van der Waals surface area contributed by atoms with Gasteiger partial charge in [-0.1, -0.05) is 25.7 Å². The molecule has 0 N–H and O–H groups in total. The fraction of sp³-hybridized carbons (Fsp3) is 1.00. The van der Waals surface area contributed by atoms with Gasteiger partial charge in [0.15, 0.2) is 0 Å². The van der Waals surface area contributed by atoms with Crippen molar-refractivity contribution in [1.82, 2.24) is 0 Å². The Morgan fingerprint density at radius 3 is 2.00 bits per heavy atom. The molecule has 0 aliphatic carbocycles. The van der Waals surface area contributed by atoms with Crippen LogP contribution in [-0.2, 0) is 11.8 Å². The van der Waals surface area contributed by atoms with Gasteiger partial charge in [0.25, 0.3) is 0 Å². The molecule has 60 valence electrons. The molecule has 0 spiro atoms. The monoisotopic (exact) mass is 212 g/mol. The van der Waals surface area contributed by atoms with Crippen LogP contribution in [0.4, 0.5) is 0 Å². The van der Waals surface area contributed by atoms with Gasteiger partial charge in [0.1, 0.15) is 0 Å². The van der Waals surface area contributed by atoms with Crippen LogP contribution in [0.1, 0.15) is 13.8 Å². The molecule has 1 rings (SSSR count). The molecule has 4 heteroatoms. The Morgan fingerprint density at radius 1 is 1.30 bits per heavy atom. The second-order valence-corrected chi connectivity index (χ2v) is 16.3. The molecule has 0 aromatic rings. The minimum Gasteiger partial charge on any atom is -0.114 e. The number of hydrogen-bond acceptors (Lipinski definition) is 3. The van der Waals surface area contributed by atoms with Crippen molar-refractivity contribution in [2.75, 3.05) is 18.2 Å². The summed E-state index contributed by atoms with van der Waals surface area (Å²) < 4.78 is -1.000. The average molecular weight is 212 g/mol. The smallest absolute Gasteiger partial charge is 0.0543 e. The van der Waals surface area contributed by atoms with Crippen molar-refractivity contribution in [3.05, 3.63) is 0 Å². The summed E-state index contributed by atoms with van der Waals surface area (Å²) in [4.78, 5) is 0.